The number of ether oxygens (including phenoxy) is 1. The van der Waals surface area contributed by atoms with Crippen molar-refractivity contribution in [1.29, 1.82) is 0 Å². The number of morpholine rings is 1. The highest BCUT2D eigenvalue weighted by atomic mass is 35.5. The number of nitrogens with one attached hydrogen (secondary N) is 3. The molecule has 2 heterocycles. The summed E-state index contributed by atoms with van der Waals surface area (Å²) in [6, 6.07) is 7.01. The van der Waals surface area contributed by atoms with Gasteiger partial charge in [-0.05, 0) is 36.7 Å². The van der Waals surface area contributed by atoms with Crippen LogP contribution in [0, 0.1) is 11.8 Å². The Labute approximate surface area is 286 Å². The summed E-state index contributed by atoms with van der Waals surface area (Å²) in [5.41, 5.74) is 1.60. The van der Waals surface area contributed by atoms with Gasteiger partial charge in [-0.2, -0.15) is 0 Å². The quantitative estimate of drug-likeness (QED) is 0.224. The van der Waals surface area contributed by atoms with Crippen LogP contribution >= 0.6 is 12.4 Å². The zero-order valence-corrected chi connectivity index (χ0v) is 29.1. The molecule has 0 radical (unpaired) electrons. The molecule has 2 aromatic rings. The molecule has 11 nitrogen and oxygen atoms in total. The number of amides is 4. The van der Waals surface area contributed by atoms with Crippen molar-refractivity contribution in [2.24, 2.45) is 11.8 Å². The third-order valence-electron chi connectivity index (χ3n) is 9.41. The van der Waals surface area contributed by atoms with Crippen molar-refractivity contribution >= 4 is 30.3 Å². The number of carbonyl (C=O) groups excluding carboxylic acids is 3. The molecule has 1 aliphatic carbocycles. The SMILES string of the molecule is CC(C)CC[C@H](O)[C@H](CC1CCCCC1)NC(=O)[C@H](Cc1cnc[nH]1)N(C)C(=O)[C@H](Cc1ccccc1)NC(=O)N1CCOCC1.Cl. The van der Waals surface area contributed by atoms with E-state index >= 15 is 0 Å². The second-order valence-electron chi connectivity index (χ2n) is 13.4. The van der Waals surface area contributed by atoms with Gasteiger partial charge in [-0.15, -0.1) is 12.4 Å². The maximum Gasteiger partial charge on any atom is 0.318 e. The minimum absolute atomic E-state index is 0. The Bertz CT molecular complexity index is 1200. The number of imidazole rings is 1. The maximum absolute atomic E-state index is 14.3. The van der Waals surface area contributed by atoms with Crippen LogP contribution in [0.3, 0.4) is 0 Å². The molecule has 12 heteroatoms. The van der Waals surface area contributed by atoms with Crippen LogP contribution in [0.15, 0.2) is 42.9 Å². The normalized spacial score (nSPS) is 18.0. The van der Waals surface area contributed by atoms with Crippen molar-refractivity contribution in [3.8, 4) is 0 Å². The lowest BCUT2D eigenvalue weighted by atomic mass is 9.83. The third-order valence-corrected chi connectivity index (χ3v) is 9.41. The van der Waals surface area contributed by atoms with Gasteiger partial charge >= 0.3 is 6.03 Å². The van der Waals surface area contributed by atoms with Crippen molar-refractivity contribution in [2.45, 2.75) is 102 Å². The maximum atomic E-state index is 14.3. The molecule has 0 unspecified atom stereocenters. The van der Waals surface area contributed by atoms with Crippen LogP contribution in [-0.4, -0.2) is 100 Å². The van der Waals surface area contributed by atoms with E-state index < -0.39 is 24.2 Å². The van der Waals surface area contributed by atoms with Crippen molar-refractivity contribution in [2.75, 3.05) is 33.4 Å². The number of H-pyrrole nitrogens is 1. The molecule has 0 spiro atoms. The van der Waals surface area contributed by atoms with E-state index in [1.54, 1.807) is 24.5 Å². The molecule has 4 amide bonds. The van der Waals surface area contributed by atoms with Crippen LogP contribution < -0.4 is 10.6 Å². The fourth-order valence-corrected chi connectivity index (χ4v) is 6.54. The molecule has 1 aliphatic heterocycles. The molecule has 262 valence electrons. The molecular weight excluding hydrogens is 620 g/mol. The summed E-state index contributed by atoms with van der Waals surface area (Å²) in [4.78, 5) is 52.0. The molecule has 4 rings (SSSR count). The van der Waals surface area contributed by atoms with E-state index in [0.29, 0.717) is 56.7 Å². The highest BCUT2D eigenvalue weighted by molar-refractivity contribution is 5.92. The van der Waals surface area contributed by atoms with Gasteiger partial charge in [0.2, 0.25) is 11.8 Å². The number of likely N-dealkylation sites (N-methyl/N-ethyl adjacent to an activating group) is 1. The van der Waals surface area contributed by atoms with E-state index in [0.717, 1.165) is 24.8 Å². The molecule has 0 bridgehead atoms. The highest BCUT2D eigenvalue weighted by Gasteiger charge is 2.36. The molecule has 2 fully saturated rings. The van der Waals surface area contributed by atoms with Gasteiger partial charge in [-0.3, -0.25) is 9.59 Å². The number of aliphatic hydroxyl groups excluding tert-OH is 1. The average Bonchev–Trinajstić information content (AvgIpc) is 3.59. The lowest BCUT2D eigenvalue weighted by molar-refractivity contribution is -0.141. The Morgan fingerprint density at radius 1 is 1.04 bits per heavy atom. The second-order valence-corrected chi connectivity index (χ2v) is 13.4. The first-order valence-electron chi connectivity index (χ1n) is 17.1. The van der Waals surface area contributed by atoms with E-state index in [1.165, 1.54) is 24.2 Å². The number of benzene rings is 1. The van der Waals surface area contributed by atoms with E-state index in [9.17, 15) is 19.5 Å². The molecule has 4 N–H and O–H groups in total. The number of aromatic nitrogens is 2. The second kappa shape index (κ2) is 19.6. The fraction of sp³-hybridized carbons (Fsp3) is 0.657. The van der Waals surface area contributed by atoms with Gasteiger partial charge in [0, 0.05) is 44.9 Å². The van der Waals surface area contributed by atoms with Gasteiger partial charge in [0.15, 0.2) is 0 Å². The summed E-state index contributed by atoms with van der Waals surface area (Å²) in [6.45, 7) is 6.04. The number of carbonyl (C=O) groups is 3. The largest absolute Gasteiger partial charge is 0.391 e. The molecular formula is C35H55ClN6O5. The fourth-order valence-electron chi connectivity index (χ4n) is 6.54. The summed E-state index contributed by atoms with van der Waals surface area (Å²) in [7, 11) is 1.62. The molecule has 47 heavy (non-hydrogen) atoms. The zero-order valence-electron chi connectivity index (χ0n) is 28.2. The minimum Gasteiger partial charge on any atom is -0.391 e. The number of hydrogen-bond donors (Lipinski definition) is 4. The number of aromatic amines is 1. The van der Waals surface area contributed by atoms with E-state index in [2.05, 4.69) is 34.4 Å². The highest BCUT2D eigenvalue weighted by Crippen LogP contribution is 2.29. The van der Waals surface area contributed by atoms with Gasteiger partial charge in [-0.25, -0.2) is 9.78 Å². The standard InChI is InChI=1S/C35H54N6O5.ClH/c1-25(2)14-15-32(42)29(20-26-10-6-4-7-11-26)38-33(43)31(22-28-23-36-24-37-28)40(3)34(44)30(21-27-12-8-5-9-13-27)39-35(45)41-16-18-46-19-17-41;/h5,8-9,12-13,23-26,29-32,42H,4,6-7,10-11,14-22H2,1-3H3,(H,36,37)(H,38,43)(H,39,45);1H/t29-,30-,31-,32-;/m0./s1. The summed E-state index contributed by atoms with van der Waals surface area (Å²) < 4.78 is 5.40. The third kappa shape index (κ3) is 12.1. The van der Waals surface area contributed by atoms with Crippen molar-refractivity contribution in [3.05, 3.63) is 54.1 Å². The van der Waals surface area contributed by atoms with Gasteiger partial charge in [0.05, 0.1) is 31.7 Å². The van der Waals surface area contributed by atoms with Crippen molar-refractivity contribution < 1.29 is 24.2 Å². The average molecular weight is 675 g/mol. The van der Waals surface area contributed by atoms with E-state index in [1.807, 2.05) is 30.3 Å². The first kappa shape index (κ1) is 38.3. The summed E-state index contributed by atoms with van der Waals surface area (Å²) in [5, 5.41) is 17.5. The predicted octanol–water partition coefficient (Wildman–Crippen LogP) is 4.11. The number of aliphatic hydroxyl groups is 1. The van der Waals surface area contributed by atoms with Gasteiger partial charge < -0.3 is 35.3 Å². The van der Waals surface area contributed by atoms with Crippen molar-refractivity contribution in [3.63, 3.8) is 0 Å². The van der Waals surface area contributed by atoms with Crippen LogP contribution in [0.4, 0.5) is 4.79 Å². The monoisotopic (exact) mass is 674 g/mol. The number of hydrogen-bond acceptors (Lipinski definition) is 6. The zero-order chi connectivity index (χ0) is 32.9. The first-order valence-corrected chi connectivity index (χ1v) is 17.1. The summed E-state index contributed by atoms with van der Waals surface area (Å²) >= 11 is 0. The van der Waals surface area contributed by atoms with Crippen LogP contribution in [0.2, 0.25) is 0 Å². The molecule has 4 atom stereocenters. The summed E-state index contributed by atoms with van der Waals surface area (Å²) in [6.07, 6.45) is 11.0. The molecule has 1 saturated heterocycles. The number of urea groups is 1. The molecule has 1 aromatic heterocycles. The van der Waals surface area contributed by atoms with Gasteiger partial charge in [-0.1, -0.05) is 76.3 Å². The number of rotatable bonds is 15. The Kier molecular flexibility index (Phi) is 16.0. The van der Waals surface area contributed by atoms with Crippen LogP contribution in [0.5, 0.6) is 0 Å². The smallest absolute Gasteiger partial charge is 0.318 e. The van der Waals surface area contributed by atoms with Crippen LogP contribution in [0.25, 0.3) is 0 Å². The van der Waals surface area contributed by atoms with E-state index in [4.69, 9.17) is 4.74 Å². The lowest BCUT2D eigenvalue weighted by Gasteiger charge is -2.35. The Morgan fingerprint density at radius 2 is 1.74 bits per heavy atom. The lowest BCUT2D eigenvalue weighted by Crippen LogP contribution is -2.59. The molecule has 2 aliphatic rings. The molecule has 1 aromatic carbocycles. The number of nitrogens with zero attached hydrogens (tertiary/aromatic N) is 3. The summed E-state index contributed by atoms with van der Waals surface area (Å²) in [5.74, 6) is 0.192. The van der Waals surface area contributed by atoms with Crippen molar-refractivity contribution in [1.82, 2.24) is 30.4 Å². The number of halogens is 1. The first-order chi connectivity index (χ1) is 22.2. The van der Waals surface area contributed by atoms with E-state index in [-0.39, 0.29) is 43.1 Å². The predicted molar refractivity (Wildman–Crippen MR) is 184 cm³/mol. The Morgan fingerprint density at radius 3 is 2.38 bits per heavy atom. The Balaban J connectivity index is 0.00000600. The topological polar surface area (TPSA) is 140 Å². The molecule has 1 saturated carbocycles. The van der Waals surface area contributed by atoms with Crippen LogP contribution in [0.1, 0.15) is 76.5 Å². The van der Waals surface area contributed by atoms with Gasteiger partial charge in [0.1, 0.15) is 12.1 Å². The van der Waals surface area contributed by atoms with Gasteiger partial charge in [0.25, 0.3) is 0 Å². The van der Waals surface area contributed by atoms with Crippen LogP contribution in [-0.2, 0) is 27.2 Å². The Hall–Kier alpha value is -3.15. The minimum atomic E-state index is -0.894.